The van der Waals surface area contributed by atoms with Gasteiger partial charge in [0.25, 0.3) is 0 Å². The minimum atomic E-state index is 0.730. The molecule has 0 bridgehead atoms. The van der Waals surface area contributed by atoms with Gasteiger partial charge in [-0.1, -0.05) is 11.8 Å². The molecule has 12 heavy (non-hydrogen) atoms. The molecular formula is C9H13N3. The van der Waals surface area contributed by atoms with Crippen LogP contribution >= 0.6 is 0 Å². The van der Waals surface area contributed by atoms with Gasteiger partial charge in [0.05, 0.1) is 19.4 Å². The number of hydrogen-bond acceptors (Lipinski definition) is 2. The Kier molecular flexibility index (Phi) is 3.36. The summed E-state index contributed by atoms with van der Waals surface area (Å²) < 4.78 is 1.95. The van der Waals surface area contributed by atoms with E-state index in [4.69, 9.17) is 0 Å². The van der Waals surface area contributed by atoms with Gasteiger partial charge < -0.3 is 4.57 Å². The molecule has 0 atom stereocenters. The van der Waals surface area contributed by atoms with Gasteiger partial charge in [0, 0.05) is 12.4 Å². The standard InChI is InChI=1S/C9H13N3/c1-11(2)6-3-4-7-12-8-5-10-9-12/h5,8-9H,6-7H2,1-2H3. The molecule has 0 unspecified atom stereocenters. The Morgan fingerprint density at radius 2 is 2.25 bits per heavy atom. The molecule has 0 radical (unpaired) electrons. The lowest BCUT2D eigenvalue weighted by molar-refractivity contribution is 0.463. The summed E-state index contributed by atoms with van der Waals surface area (Å²) in [6.45, 7) is 1.54. The molecule has 1 aromatic rings. The minimum absolute atomic E-state index is 0.730. The van der Waals surface area contributed by atoms with Crippen LogP contribution in [0.3, 0.4) is 0 Å². The van der Waals surface area contributed by atoms with Gasteiger partial charge in [-0.2, -0.15) is 0 Å². The van der Waals surface area contributed by atoms with E-state index in [1.165, 1.54) is 0 Å². The smallest absolute Gasteiger partial charge is 0.0954 e. The van der Waals surface area contributed by atoms with Gasteiger partial charge in [-0.15, -0.1) is 0 Å². The molecule has 0 fully saturated rings. The number of hydrogen-bond donors (Lipinski definition) is 0. The molecule has 0 aliphatic heterocycles. The van der Waals surface area contributed by atoms with Crippen molar-refractivity contribution in [3.8, 4) is 11.8 Å². The Morgan fingerprint density at radius 1 is 1.42 bits per heavy atom. The van der Waals surface area contributed by atoms with Crippen LogP contribution in [-0.4, -0.2) is 35.1 Å². The maximum atomic E-state index is 3.92. The maximum absolute atomic E-state index is 3.92. The first-order valence-corrected chi connectivity index (χ1v) is 3.85. The van der Waals surface area contributed by atoms with Crippen molar-refractivity contribution < 1.29 is 0 Å². The lowest BCUT2D eigenvalue weighted by Crippen LogP contribution is -2.10. The van der Waals surface area contributed by atoms with Gasteiger partial charge in [-0.05, 0) is 14.1 Å². The molecule has 1 rings (SSSR count). The third-order valence-electron chi connectivity index (χ3n) is 1.34. The Balaban J connectivity index is 2.29. The first-order valence-electron chi connectivity index (χ1n) is 3.85. The van der Waals surface area contributed by atoms with Crippen LogP contribution in [0.25, 0.3) is 0 Å². The zero-order chi connectivity index (χ0) is 8.81. The van der Waals surface area contributed by atoms with Gasteiger partial charge in [-0.25, -0.2) is 4.98 Å². The van der Waals surface area contributed by atoms with E-state index in [1.54, 1.807) is 12.5 Å². The van der Waals surface area contributed by atoms with Crippen molar-refractivity contribution in [3.05, 3.63) is 18.7 Å². The summed E-state index contributed by atoms with van der Waals surface area (Å²) in [6, 6.07) is 0. The molecule has 1 heterocycles. The van der Waals surface area contributed by atoms with Crippen molar-refractivity contribution in [2.45, 2.75) is 6.54 Å². The molecule has 0 spiro atoms. The first kappa shape index (κ1) is 8.82. The number of aromatic nitrogens is 2. The average molecular weight is 163 g/mol. The largest absolute Gasteiger partial charge is 0.326 e. The molecule has 1 aromatic heterocycles. The van der Waals surface area contributed by atoms with Crippen LogP contribution in [0, 0.1) is 11.8 Å². The second-order valence-corrected chi connectivity index (χ2v) is 2.83. The van der Waals surface area contributed by atoms with Gasteiger partial charge in [0.15, 0.2) is 0 Å². The number of nitrogens with zero attached hydrogens (tertiary/aromatic N) is 3. The SMILES string of the molecule is CN(C)CC#CCn1ccnc1. The lowest BCUT2D eigenvalue weighted by Gasteiger charge is -2.00. The van der Waals surface area contributed by atoms with Crippen molar-refractivity contribution in [1.82, 2.24) is 14.5 Å². The fraction of sp³-hybridized carbons (Fsp3) is 0.444. The highest BCUT2D eigenvalue weighted by Gasteiger charge is 1.83. The van der Waals surface area contributed by atoms with E-state index in [1.807, 2.05) is 29.8 Å². The normalized spacial score (nSPS) is 9.58. The van der Waals surface area contributed by atoms with Crippen molar-refractivity contribution in [3.63, 3.8) is 0 Å². The molecule has 0 N–H and O–H groups in total. The summed E-state index contributed by atoms with van der Waals surface area (Å²) in [5.41, 5.74) is 0. The van der Waals surface area contributed by atoms with Crippen LogP contribution in [0.1, 0.15) is 0 Å². The molecule has 0 saturated heterocycles. The Bertz CT molecular complexity index is 264. The van der Waals surface area contributed by atoms with Crippen molar-refractivity contribution >= 4 is 0 Å². The van der Waals surface area contributed by atoms with Gasteiger partial charge in [0.2, 0.25) is 0 Å². The van der Waals surface area contributed by atoms with Gasteiger partial charge in [-0.3, -0.25) is 4.90 Å². The van der Waals surface area contributed by atoms with E-state index in [0.29, 0.717) is 0 Å². The fourth-order valence-corrected chi connectivity index (χ4v) is 0.741. The van der Waals surface area contributed by atoms with E-state index in [9.17, 15) is 0 Å². The molecule has 64 valence electrons. The Morgan fingerprint density at radius 3 is 2.83 bits per heavy atom. The van der Waals surface area contributed by atoms with Crippen molar-refractivity contribution in [1.29, 1.82) is 0 Å². The highest BCUT2D eigenvalue weighted by molar-refractivity contribution is 5.01. The van der Waals surface area contributed by atoms with Crippen LogP contribution in [0.2, 0.25) is 0 Å². The topological polar surface area (TPSA) is 21.1 Å². The number of rotatable bonds is 2. The first-order chi connectivity index (χ1) is 5.79. The van der Waals surface area contributed by atoms with Crippen LogP contribution in [0.15, 0.2) is 18.7 Å². The lowest BCUT2D eigenvalue weighted by atomic mass is 10.5. The van der Waals surface area contributed by atoms with E-state index < -0.39 is 0 Å². The third-order valence-corrected chi connectivity index (χ3v) is 1.34. The monoisotopic (exact) mass is 163 g/mol. The molecule has 0 saturated carbocycles. The minimum Gasteiger partial charge on any atom is -0.326 e. The Labute approximate surface area is 73.0 Å². The summed E-state index contributed by atoms with van der Waals surface area (Å²) >= 11 is 0. The van der Waals surface area contributed by atoms with E-state index in [0.717, 1.165) is 13.1 Å². The van der Waals surface area contributed by atoms with Crippen LogP contribution in [0.4, 0.5) is 0 Å². The van der Waals surface area contributed by atoms with Gasteiger partial charge >= 0.3 is 0 Å². The average Bonchev–Trinajstić information content (AvgIpc) is 2.49. The molecule has 3 heteroatoms. The molecule has 0 aliphatic rings. The zero-order valence-corrected chi connectivity index (χ0v) is 7.49. The van der Waals surface area contributed by atoms with E-state index in [2.05, 4.69) is 16.8 Å². The summed E-state index contributed by atoms with van der Waals surface area (Å²) in [7, 11) is 4.01. The zero-order valence-electron chi connectivity index (χ0n) is 7.49. The summed E-state index contributed by atoms with van der Waals surface area (Å²) in [6.07, 6.45) is 5.43. The van der Waals surface area contributed by atoms with E-state index in [-0.39, 0.29) is 0 Å². The maximum Gasteiger partial charge on any atom is 0.0954 e. The predicted molar refractivity (Wildman–Crippen MR) is 48.6 cm³/mol. The fourth-order valence-electron chi connectivity index (χ4n) is 0.741. The highest BCUT2D eigenvalue weighted by Crippen LogP contribution is 1.82. The summed E-state index contributed by atoms with van der Waals surface area (Å²) in [4.78, 5) is 5.96. The highest BCUT2D eigenvalue weighted by atomic mass is 15.0. The van der Waals surface area contributed by atoms with Crippen molar-refractivity contribution in [2.75, 3.05) is 20.6 Å². The molecule has 3 nitrogen and oxygen atoms in total. The summed E-state index contributed by atoms with van der Waals surface area (Å²) in [5.74, 6) is 6.10. The summed E-state index contributed by atoms with van der Waals surface area (Å²) in [5, 5.41) is 0. The van der Waals surface area contributed by atoms with Crippen LogP contribution < -0.4 is 0 Å². The second-order valence-electron chi connectivity index (χ2n) is 2.83. The van der Waals surface area contributed by atoms with Crippen LogP contribution in [-0.2, 0) is 6.54 Å². The number of imidazole rings is 1. The Hall–Kier alpha value is -1.27. The van der Waals surface area contributed by atoms with E-state index >= 15 is 0 Å². The van der Waals surface area contributed by atoms with Crippen LogP contribution in [0.5, 0.6) is 0 Å². The quantitative estimate of drug-likeness (QED) is 0.590. The molecule has 0 aromatic carbocycles. The molecular weight excluding hydrogens is 150 g/mol. The van der Waals surface area contributed by atoms with Crippen molar-refractivity contribution in [2.24, 2.45) is 0 Å². The predicted octanol–water partition coefficient (Wildman–Crippen LogP) is 0.448. The van der Waals surface area contributed by atoms with Gasteiger partial charge in [0.1, 0.15) is 0 Å². The third kappa shape index (κ3) is 3.22. The molecule has 0 aliphatic carbocycles. The second kappa shape index (κ2) is 4.58. The molecule has 0 amide bonds.